The summed E-state index contributed by atoms with van der Waals surface area (Å²) in [5.41, 5.74) is 0.959. The Labute approximate surface area is 129 Å². The molecule has 1 aromatic rings. The number of aryl methyl sites for hydroxylation is 1. The van der Waals surface area contributed by atoms with E-state index >= 15 is 0 Å². The molecule has 0 bridgehead atoms. The fraction of sp³-hybridized carbons (Fsp3) is 0.500. The first-order valence-electron chi connectivity index (χ1n) is 6.79. The normalized spacial score (nSPS) is 10.7. The van der Waals surface area contributed by atoms with Crippen molar-refractivity contribution in [2.45, 2.75) is 39.7 Å². The molecule has 0 fully saturated rings. The molecule has 0 aliphatic rings. The topological polar surface area (TPSA) is 84.3 Å². The second-order valence-electron chi connectivity index (χ2n) is 5.14. The molecule has 7 heteroatoms. The van der Waals surface area contributed by atoms with Gasteiger partial charge in [0.1, 0.15) is 5.02 Å². The van der Waals surface area contributed by atoms with Crippen LogP contribution in [0.15, 0.2) is 12.1 Å². The number of benzene rings is 1. The molecule has 0 saturated heterocycles. The Morgan fingerprint density at radius 3 is 2.67 bits per heavy atom. The molecule has 6 nitrogen and oxygen atoms in total. The molecule has 0 aliphatic heterocycles. The summed E-state index contributed by atoms with van der Waals surface area (Å²) in [5.74, 6) is -0.131. The van der Waals surface area contributed by atoms with Crippen LogP contribution in [-0.4, -0.2) is 23.4 Å². The van der Waals surface area contributed by atoms with E-state index in [-0.39, 0.29) is 16.6 Å². The first-order chi connectivity index (χ1) is 9.81. The molecular weight excluding hydrogens is 294 g/mol. The fourth-order valence-corrected chi connectivity index (χ4v) is 2.03. The van der Waals surface area contributed by atoms with Crippen LogP contribution in [0.5, 0.6) is 0 Å². The molecule has 0 atom stereocenters. The molecule has 0 saturated carbocycles. The van der Waals surface area contributed by atoms with Gasteiger partial charge in [0.05, 0.1) is 4.92 Å². The Bertz CT molecular complexity index is 532. The first-order valence-corrected chi connectivity index (χ1v) is 7.17. The Morgan fingerprint density at radius 2 is 2.10 bits per heavy atom. The van der Waals surface area contributed by atoms with Crippen LogP contribution in [-0.2, 0) is 4.79 Å². The van der Waals surface area contributed by atoms with Gasteiger partial charge in [-0.3, -0.25) is 14.9 Å². The van der Waals surface area contributed by atoms with Crippen LogP contribution in [0.25, 0.3) is 0 Å². The minimum absolute atomic E-state index is 0.0161. The summed E-state index contributed by atoms with van der Waals surface area (Å²) in [7, 11) is 0. The number of carbonyl (C=O) groups is 1. The number of rotatable bonds is 7. The molecule has 1 rings (SSSR count). The Balaban J connectivity index is 2.60. The monoisotopic (exact) mass is 313 g/mol. The van der Waals surface area contributed by atoms with E-state index in [1.54, 1.807) is 6.92 Å². The van der Waals surface area contributed by atoms with Crippen molar-refractivity contribution in [3.63, 3.8) is 0 Å². The van der Waals surface area contributed by atoms with Gasteiger partial charge in [0, 0.05) is 24.2 Å². The fourth-order valence-electron chi connectivity index (χ4n) is 1.79. The van der Waals surface area contributed by atoms with Crippen LogP contribution in [0.4, 0.5) is 11.4 Å². The lowest BCUT2D eigenvalue weighted by Crippen LogP contribution is -2.24. The molecule has 0 spiro atoms. The number of anilines is 1. The van der Waals surface area contributed by atoms with Gasteiger partial charge in [-0.1, -0.05) is 25.4 Å². The van der Waals surface area contributed by atoms with Crippen LogP contribution in [0, 0.1) is 17.0 Å². The van der Waals surface area contributed by atoms with Gasteiger partial charge < -0.3 is 10.6 Å². The van der Waals surface area contributed by atoms with Gasteiger partial charge in [-0.05, 0) is 31.5 Å². The maximum Gasteiger partial charge on any atom is 0.288 e. The van der Waals surface area contributed by atoms with Crippen LogP contribution in [0.2, 0.25) is 5.02 Å². The van der Waals surface area contributed by atoms with E-state index in [0.717, 1.165) is 13.0 Å². The van der Waals surface area contributed by atoms with Crippen molar-refractivity contribution in [2.24, 2.45) is 0 Å². The second-order valence-corrected chi connectivity index (χ2v) is 5.54. The molecular formula is C14H20ClN3O3. The summed E-state index contributed by atoms with van der Waals surface area (Å²) < 4.78 is 0. The summed E-state index contributed by atoms with van der Waals surface area (Å²) in [6.07, 6.45) is 1.11. The van der Waals surface area contributed by atoms with Crippen LogP contribution < -0.4 is 10.6 Å². The van der Waals surface area contributed by atoms with E-state index in [1.165, 1.54) is 12.1 Å². The van der Waals surface area contributed by atoms with Gasteiger partial charge in [0.15, 0.2) is 0 Å². The number of carbonyl (C=O) groups excluding carboxylic acids is 1. The van der Waals surface area contributed by atoms with Gasteiger partial charge in [0.2, 0.25) is 5.91 Å². The zero-order valence-electron chi connectivity index (χ0n) is 12.4. The van der Waals surface area contributed by atoms with Crippen molar-refractivity contribution >= 4 is 28.9 Å². The zero-order valence-corrected chi connectivity index (χ0v) is 13.2. The van der Waals surface area contributed by atoms with Crippen molar-refractivity contribution in [1.82, 2.24) is 5.32 Å². The maximum absolute atomic E-state index is 11.8. The molecule has 0 aromatic heterocycles. The molecule has 0 radical (unpaired) electrons. The minimum Gasteiger partial charge on any atom is -0.326 e. The molecule has 0 unspecified atom stereocenters. The summed E-state index contributed by atoms with van der Waals surface area (Å²) in [5, 5.41) is 16.7. The Morgan fingerprint density at radius 1 is 1.43 bits per heavy atom. The number of amides is 1. The van der Waals surface area contributed by atoms with Gasteiger partial charge >= 0.3 is 0 Å². The third kappa shape index (κ3) is 5.69. The minimum atomic E-state index is -0.543. The van der Waals surface area contributed by atoms with Gasteiger partial charge in [-0.25, -0.2) is 0 Å². The van der Waals surface area contributed by atoms with E-state index in [9.17, 15) is 14.9 Å². The average molecular weight is 314 g/mol. The van der Waals surface area contributed by atoms with E-state index in [4.69, 9.17) is 11.6 Å². The van der Waals surface area contributed by atoms with E-state index < -0.39 is 4.92 Å². The molecule has 0 heterocycles. The van der Waals surface area contributed by atoms with Crippen molar-refractivity contribution in [3.05, 3.63) is 32.8 Å². The summed E-state index contributed by atoms with van der Waals surface area (Å²) >= 11 is 5.84. The Kier molecular flexibility index (Phi) is 6.58. The van der Waals surface area contributed by atoms with E-state index in [0.29, 0.717) is 23.7 Å². The van der Waals surface area contributed by atoms with Crippen molar-refractivity contribution in [1.29, 1.82) is 0 Å². The molecule has 1 amide bonds. The maximum atomic E-state index is 11.8. The summed E-state index contributed by atoms with van der Waals surface area (Å²) in [6, 6.07) is 3.17. The molecule has 1 aromatic carbocycles. The number of nitrogens with zero attached hydrogens (tertiary/aromatic N) is 1. The van der Waals surface area contributed by atoms with E-state index in [2.05, 4.69) is 10.6 Å². The molecule has 0 aliphatic carbocycles. The van der Waals surface area contributed by atoms with Crippen LogP contribution in [0.1, 0.15) is 32.3 Å². The largest absolute Gasteiger partial charge is 0.326 e. The summed E-state index contributed by atoms with van der Waals surface area (Å²) in [4.78, 5) is 22.0. The highest BCUT2D eigenvalue weighted by Gasteiger charge is 2.16. The van der Waals surface area contributed by atoms with Gasteiger partial charge in [-0.15, -0.1) is 0 Å². The first kappa shape index (κ1) is 17.4. The van der Waals surface area contributed by atoms with Gasteiger partial charge in [-0.2, -0.15) is 0 Å². The number of hydrogen-bond acceptors (Lipinski definition) is 4. The molecule has 21 heavy (non-hydrogen) atoms. The predicted octanol–water partition coefficient (Wildman–Crippen LogP) is 3.27. The molecule has 116 valence electrons. The summed E-state index contributed by atoms with van der Waals surface area (Å²) in [6.45, 7) is 6.55. The van der Waals surface area contributed by atoms with Crippen molar-refractivity contribution in [2.75, 3.05) is 11.9 Å². The smallest absolute Gasteiger partial charge is 0.288 e. The number of nitro benzene ring substituents is 1. The Hall–Kier alpha value is -1.66. The molecule has 2 N–H and O–H groups in total. The van der Waals surface area contributed by atoms with Gasteiger partial charge in [0.25, 0.3) is 5.69 Å². The van der Waals surface area contributed by atoms with Crippen molar-refractivity contribution < 1.29 is 9.72 Å². The number of nitro groups is 1. The number of hydrogen-bond donors (Lipinski definition) is 2. The van der Waals surface area contributed by atoms with Crippen LogP contribution in [0.3, 0.4) is 0 Å². The van der Waals surface area contributed by atoms with Crippen LogP contribution >= 0.6 is 11.6 Å². The number of halogens is 1. The highest BCUT2D eigenvalue weighted by Crippen LogP contribution is 2.30. The quantitative estimate of drug-likeness (QED) is 0.459. The SMILES string of the molecule is Cc1cc([N+](=O)[O-])c(Cl)cc1NC(=O)CCCNC(C)C. The zero-order chi connectivity index (χ0) is 16.0. The lowest BCUT2D eigenvalue weighted by Gasteiger charge is -2.10. The third-order valence-corrected chi connectivity index (χ3v) is 3.20. The predicted molar refractivity (Wildman–Crippen MR) is 83.8 cm³/mol. The third-order valence-electron chi connectivity index (χ3n) is 2.90. The highest BCUT2D eigenvalue weighted by molar-refractivity contribution is 6.33. The second kappa shape index (κ2) is 7.95. The standard InChI is InChI=1S/C14H20ClN3O3/c1-9(2)16-6-4-5-14(19)17-12-8-11(15)13(18(20)21)7-10(12)3/h7-9,16H,4-6H2,1-3H3,(H,17,19). The lowest BCUT2D eigenvalue weighted by molar-refractivity contribution is -0.384. The van der Waals surface area contributed by atoms with E-state index in [1.807, 2.05) is 13.8 Å². The highest BCUT2D eigenvalue weighted by atomic mass is 35.5. The lowest BCUT2D eigenvalue weighted by atomic mass is 10.1. The van der Waals surface area contributed by atoms with Crippen molar-refractivity contribution in [3.8, 4) is 0 Å². The average Bonchev–Trinajstić information content (AvgIpc) is 2.38. The number of nitrogens with one attached hydrogen (secondary N) is 2.